The van der Waals surface area contributed by atoms with Gasteiger partial charge in [-0.3, -0.25) is 4.79 Å². The number of nitrogens with zero attached hydrogens (tertiary/aromatic N) is 3. The SMILES string of the molecule is CCN(CC)c1cc(COC)nc(SCc2cccc(C(=O)NCC3CC3)c2)n1. The molecule has 1 N–H and O–H groups in total. The lowest BCUT2D eigenvalue weighted by Gasteiger charge is -2.20. The number of anilines is 1. The van der Waals surface area contributed by atoms with Gasteiger partial charge in [-0.2, -0.15) is 0 Å². The van der Waals surface area contributed by atoms with Crippen LogP contribution in [0.25, 0.3) is 0 Å². The minimum absolute atomic E-state index is 0.00547. The van der Waals surface area contributed by atoms with E-state index in [0.717, 1.165) is 41.9 Å². The highest BCUT2D eigenvalue weighted by molar-refractivity contribution is 7.98. The zero-order valence-corrected chi connectivity index (χ0v) is 18.3. The standard InChI is InChI=1S/C22H30N4O2S/c1-4-26(5-2)20-12-19(14-28-3)24-22(25-20)29-15-17-7-6-8-18(11-17)21(27)23-13-16-9-10-16/h6-8,11-12,16H,4-5,9-10,13-15H2,1-3H3,(H,23,27). The first kappa shape index (κ1) is 21.6. The minimum Gasteiger partial charge on any atom is -0.378 e. The first-order valence-electron chi connectivity index (χ1n) is 10.2. The van der Waals surface area contributed by atoms with Crippen molar-refractivity contribution in [2.45, 2.75) is 44.2 Å². The molecule has 0 bridgehead atoms. The summed E-state index contributed by atoms with van der Waals surface area (Å²) in [6, 6.07) is 9.79. The molecule has 29 heavy (non-hydrogen) atoms. The zero-order valence-electron chi connectivity index (χ0n) is 17.5. The van der Waals surface area contributed by atoms with E-state index in [-0.39, 0.29) is 5.91 Å². The average Bonchev–Trinajstić information content (AvgIpc) is 3.56. The van der Waals surface area contributed by atoms with Crippen molar-refractivity contribution in [1.82, 2.24) is 15.3 Å². The van der Waals surface area contributed by atoms with Gasteiger partial charge >= 0.3 is 0 Å². The Morgan fingerprint density at radius 1 is 1.24 bits per heavy atom. The molecule has 3 rings (SSSR count). The molecule has 0 aliphatic heterocycles. The highest BCUT2D eigenvalue weighted by Crippen LogP contribution is 2.28. The monoisotopic (exact) mass is 414 g/mol. The van der Waals surface area contributed by atoms with Crippen LogP contribution in [-0.2, 0) is 17.1 Å². The summed E-state index contributed by atoms with van der Waals surface area (Å²) in [6.07, 6.45) is 2.46. The number of ether oxygens (including phenoxy) is 1. The Hall–Kier alpha value is -2.12. The summed E-state index contributed by atoms with van der Waals surface area (Å²) in [5.74, 6) is 2.31. The predicted octanol–water partition coefficient (Wildman–Crippen LogP) is 3.90. The second-order valence-electron chi connectivity index (χ2n) is 7.25. The molecular formula is C22H30N4O2S. The molecule has 2 aromatic rings. The molecule has 1 aromatic heterocycles. The van der Waals surface area contributed by atoms with Crippen LogP contribution < -0.4 is 10.2 Å². The van der Waals surface area contributed by atoms with Crippen LogP contribution in [0.1, 0.15) is 48.3 Å². The van der Waals surface area contributed by atoms with E-state index in [1.807, 2.05) is 30.3 Å². The van der Waals surface area contributed by atoms with Gasteiger partial charge < -0.3 is 15.0 Å². The minimum atomic E-state index is 0.00547. The van der Waals surface area contributed by atoms with Gasteiger partial charge in [0.2, 0.25) is 0 Å². The van der Waals surface area contributed by atoms with Crippen LogP contribution in [0, 0.1) is 5.92 Å². The largest absolute Gasteiger partial charge is 0.378 e. The smallest absolute Gasteiger partial charge is 0.251 e. The molecule has 1 fully saturated rings. The van der Waals surface area contributed by atoms with Crippen LogP contribution in [0.2, 0.25) is 0 Å². The fourth-order valence-corrected chi connectivity index (χ4v) is 3.88. The number of carbonyl (C=O) groups is 1. The van der Waals surface area contributed by atoms with Crippen molar-refractivity contribution in [3.63, 3.8) is 0 Å². The molecule has 0 saturated heterocycles. The van der Waals surface area contributed by atoms with Crippen LogP contribution in [0.15, 0.2) is 35.5 Å². The number of thioether (sulfide) groups is 1. The Balaban J connectivity index is 1.68. The zero-order chi connectivity index (χ0) is 20.6. The van der Waals surface area contributed by atoms with E-state index in [0.29, 0.717) is 23.8 Å². The predicted molar refractivity (Wildman–Crippen MR) is 117 cm³/mol. The van der Waals surface area contributed by atoms with E-state index < -0.39 is 0 Å². The van der Waals surface area contributed by atoms with Gasteiger partial charge in [0.05, 0.1) is 12.3 Å². The molecule has 0 atom stereocenters. The van der Waals surface area contributed by atoms with Gasteiger partial charge in [-0.15, -0.1) is 0 Å². The molecule has 1 aromatic carbocycles. The Morgan fingerprint density at radius 3 is 2.72 bits per heavy atom. The molecular weight excluding hydrogens is 384 g/mol. The summed E-state index contributed by atoms with van der Waals surface area (Å²) >= 11 is 1.58. The molecule has 1 aliphatic carbocycles. The van der Waals surface area contributed by atoms with E-state index in [9.17, 15) is 4.79 Å². The molecule has 6 nitrogen and oxygen atoms in total. The van der Waals surface area contributed by atoms with E-state index in [4.69, 9.17) is 9.72 Å². The number of rotatable bonds is 11. The first-order chi connectivity index (χ1) is 14.1. The van der Waals surface area contributed by atoms with Crippen LogP contribution in [0.5, 0.6) is 0 Å². The Bertz CT molecular complexity index is 822. The van der Waals surface area contributed by atoms with Gasteiger partial charge in [-0.05, 0) is 50.3 Å². The lowest BCUT2D eigenvalue weighted by Crippen LogP contribution is -2.25. The third kappa shape index (κ3) is 6.44. The molecule has 1 amide bonds. The number of aromatic nitrogens is 2. The summed E-state index contributed by atoms with van der Waals surface area (Å²) in [5.41, 5.74) is 2.67. The maximum absolute atomic E-state index is 12.3. The maximum Gasteiger partial charge on any atom is 0.251 e. The Morgan fingerprint density at radius 2 is 2.03 bits per heavy atom. The van der Waals surface area contributed by atoms with Crippen molar-refractivity contribution < 1.29 is 9.53 Å². The van der Waals surface area contributed by atoms with Gasteiger partial charge in [0, 0.05) is 44.1 Å². The second kappa shape index (κ2) is 10.6. The number of amides is 1. The van der Waals surface area contributed by atoms with Gasteiger partial charge in [0.15, 0.2) is 5.16 Å². The number of nitrogens with one attached hydrogen (secondary N) is 1. The number of carbonyl (C=O) groups excluding carboxylic acids is 1. The van der Waals surface area contributed by atoms with Gasteiger partial charge in [-0.25, -0.2) is 9.97 Å². The van der Waals surface area contributed by atoms with Gasteiger partial charge in [0.25, 0.3) is 5.91 Å². The van der Waals surface area contributed by atoms with Crippen molar-refractivity contribution in [2.75, 3.05) is 31.6 Å². The van der Waals surface area contributed by atoms with E-state index in [1.54, 1.807) is 18.9 Å². The highest BCUT2D eigenvalue weighted by atomic mass is 32.2. The molecule has 1 heterocycles. The fraction of sp³-hybridized carbons (Fsp3) is 0.500. The van der Waals surface area contributed by atoms with Crippen molar-refractivity contribution >= 4 is 23.5 Å². The first-order valence-corrected chi connectivity index (χ1v) is 11.2. The van der Waals surface area contributed by atoms with Crippen molar-refractivity contribution in [2.24, 2.45) is 5.92 Å². The quantitative estimate of drug-likeness (QED) is 0.444. The van der Waals surface area contributed by atoms with Crippen LogP contribution >= 0.6 is 11.8 Å². The number of hydrogen-bond donors (Lipinski definition) is 1. The molecule has 156 valence electrons. The second-order valence-corrected chi connectivity index (χ2v) is 8.19. The van der Waals surface area contributed by atoms with Crippen molar-refractivity contribution in [1.29, 1.82) is 0 Å². The lowest BCUT2D eigenvalue weighted by molar-refractivity contribution is 0.0951. The molecule has 0 spiro atoms. The van der Waals surface area contributed by atoms with Gasteiger partial charge in [0.1, 0.15) is 5.82 Å². The normalized spacial score (nSPS) is 13.3. The van der Waals surface area contributed by atoms with Crippen LogP contribution in [-0.4, -0.2) is 42.6 Å². The summed E-state index contributed by atoms with van der Waals surface area (Å²) in [7, 11) is 1.67. The molecule has 0 radical (unpaired) electrons. The molecule has 1 saturated carbocycles. The number of methoxy groups -OCH3 is 1. The van der Waals surface area contributed by atoms with E-state index in [1.165, 1.54) is 12.8 Å². The number of hydrogen-bond acceptors (Lipinski definition) is 6. The Kier molecular flexibility index (Phi) is 7.89. The van der Waals surface area contributed by atoms with E-state index >= 15 is 0 Å². The maximum atomic E-state index is 12.3. The third-order valence-electron chi connectivity index (χ3n) is 4.93. The van der Waals surface area contributed by atoms with E-state index in [2.05, 4.69) is 29.0 Å². The molecule has 7 heteroatoms. The van der Waals surface area contributed by atoms with Crippen molar-refractivity contribution in [3.05, 3.63) is 47.2 Å². The topological polar surface area (TPSA) is 67.3 Å². The van der Waals surface area contributed by atoms with Gasteiger partial charge in [-0.1, -0.05) is 23.9 Å². The van der Waals surface area contributed by atoms with Crippen LogP contribution in [0.3, 0.4) is 0 Å². The Labute approximate surface area is 177 Å². The summed E-state index contributed by atoms with van der Waals surface area (Å²) in [4.78, 5) is 23.9. The average molecular weight is 415 g/mol. The fourth-order valence-electron chi connectivity index (χ4n) is 3.07. The van der Waals surface area contributed by atoms with Crippen molar-refractivity contribution in [3.8, 4) is 0 Å². The summed E-state index contributed by atoms with van der Waals surface area (Å²) < 4.78 is 5.27. The highest BCUT2D eigenvalue weighted by Gasteiger charge is 2.21. The van der Waals surface area contributed by atoms with Crippen LogP contribution in [0.4, 0.5) is 5.82 Å². The third-order valence-corrected chi connectivity index (χ3v) is 5.85. The molecule has 1 aliphatic rings. The lowest BCUT2D eigenvalue weighted by atomic mass is 10.1. The number of benzene rings is 1. The summed E-state index contributed by atoms with van der Waals surface area (Å²) in [6.45, 7) is 7.26. The molecule has 0 unspecified atom stereocenters. The summed E-state index contributed by atoms with van der Waals surface area (Å²) in [5, 5.41) is 3.75.